The number of aliphatic hydroxyl groups is 1. The summed E-state index contributed by atoms with van der Waals surface area (Å²) in [5.74, 6) is 5.64. The van der Waals surface area contributed by atoms with Gasteiger partial charge in [-0.2, -0.15) is 0 Å². The van der Waals surface area contributed by atoms with Crippen LogP contribution in [0.1, 0.15) is 38.3 Å². The third-order valence-electron chi connectivity index (χ3n) is 3.47. The van der Waals surface area contributed by atoms with Gasteiger partial charge >= 0.3 is 0 Å². The fourth-order valence-corrected chi connectivity index (χ4v) is 2.01. The van der Waals surface area contributed by atoms with Gasteiger partial charge in [0.05, 0.1) is 0 Å². The lowest BCUT2D eigenvalue weighted by molar-refractivity contribution is 0.235. The molecule has 0 aliphatic heterocycles. The van der Waals surface area contributed by atoms with E-state index in [-0.39, 0.29) is 12.4 Å². The van der Waals surface area contributed by atoms with E-state index >= 15 is 0 Å². The summed E-state index contributed by atoms with van der Waals surface area (Å²) in [5, 5.41) is 8.64. The van der Waals surface area contributed by atoms with E-state index in [1.54, 1.807) is 12.1 Å². The Balaban J connectivity index is 2.76. The lowest BCUT2D eigenvalue weighted by atomic mass is 10.1. The Labute approximate surface area is 121 Å². The average molecular weight is 277 g/mol. The molecule has 2 nitrogen and oxygen atoms in total. The van der Waals surface area contributed by atoms with E-state index in [1.807, 2.05) is 0 Å². The van der Waals surface area contributed by atoms with E-state index in [2.05, 4.69) is 37.5 Å². The van der Waals surface area contributed by atoms with Crippen molar-refractivity contribution in [2.75, 3.05) is 19.7 Å². The third kappa shape index (κ3) is 5.32. The van der Waals surface area contributed by atoms with E-state index < -0.39 is 0 Å². The van der Waals surface area contributed by atoms with Gasteiger partial charge < -0.3 is 5.11 Å². The van der Waals surface area contributed by atoms with Crippen LogP contribution < -0.4 is 0 Å². The van der Waals surface area contributed by atoms with Crippen LogP contribution in [0.25, 0.3) is 0 Å². The molecule has 0 spiro atoms. The molecule has 0 aliphatic rings. The Hall–Kier alpha value is -1.37. The fraction of sp³-hybridized carbons (Fsp3) is 0.529. The third-order valence-corrected chi connectivity index (χ3v) is 3.47. The van der Waals surface area contributed by atoms with Gasteiger partial charge in [0.25, 0.3) is 0 Å². The molecule has 0 bridgehead atoms. The molecule has 1 atom stereocenters. The molecule has 1 aromatic carbocycles. The molecule has 0 saturated carbocycles. The highest BCUT2D eigenvalue weighted by atomic mass is 19.1. The van der Waals surface area contributed by atoms with Gasteiger partial charge in [0.1, 0.15) is 12.4 Å². The zero-order valence-corrected chi connectivity index (χ0v) is 12.6. The summed E-state index contributed by atoms with van der Waals surface area (Å²) >= 11 is 0. The first-order valence-electron chi connectivity index (χ1n) is 7.21. The first-order chi connectivity index (χ1) is 9.60. The van der Waals surface area contributed by atoms with Gasteiger partial charge in [-0.15, -0.1) is 0 Å². The van der Waals surface area contributed by atoms with E-state index in [1.165, 1.54) is 6.07 Å². The molecule has 20 heavy (non-hydrogen) atoms. The van der Waals surface area contributed by atoms with Crippen molar-refractivity contribution in [3.63, 3.8) is 0 Å². The molecule has 1 aromatic rings. The molecule has 1 N–H and O–H groups in total. The molecule has 3 heteroatoms. The van der Waals surface area contributed by atoms with Gasteiger partial charge in [-0.05, 0) is 24.6 Å². The standard InChI is InChI=1S/C17H24FNO/c1-4-14(3)12-19(5-2)13-16-9-8-15(7-6-10-20)11-17(16)18/h8-9,11,14,20H,4-5,10,12-13H2,1-3H3. The van der Waals surface area contributed by atoms with Crippen molar-refractivity contribution in [3.8, 4) is 11.8 Å². The number of halogens is 1. The average Bonchev–Trinajstić information content (AvgIpc) is 2.46. The fourth-order valence-electron chi connectivity index (χ4n) is 2.01. The maximum Gasteiger partial charge on any atom is 0.128 e. The lowest BCUT2D eigenvalue weighted by Gasteiger charge is -2.24. The minimum Gasteiger partial charge on any atom is -0.384 e. The number of nitrogens with zero attached hydrogens (tertiary/aromatic N) is 1. The molecular formula is C17H24FNO. The Kier molecular flexibility index (Phi) is 7.28. The second-order valence-corrected chi connectivity index (χ2v) is 5.11. The van der Waals surface area contributed by atoms with Gasteiger partial charge in [0, 0.05) is 24.2 Å². The highest BCUT2D eigenvalue weighted by Gasteiger charge is 2.11. The Morgan fingerprint density at radius 1 is 1.35 bits per heavy atom. The van der Waals surface area contributed by atoms with Crippen LogP contribution in [0.2, 0.25) is 0 Å². The Morgan fingerprint density at radius 3 is 2.65 bits per heavy atom. The second-order valence-electron chi connectivity index (χ2n) is 5.11. The molecule has 110 valence electrons. The molecule has 1 rings (SSSR count). The van der Waals surface area contributed by atoms with Crippen molar-refractivity contribution in [1.29, 1.82) is 0 Å². The van der Waals surface area contributed by atoms with Crippen molar-refractivity contribution in [2.24, 2.45) is 5.92 Å². The molecule has 0 aliphatic carbocycles. The number of benzene rings is 1. The van der Waals surface area contributed by atoms with Crippen LogP contribution >= 0.6 is 0 Å². The molecule has 0 heterocycles. The number of aliphatic hydroxyl groups excluding tert-OH is 1. The first-order valence-corrected chi connectivity index (χ1v) is 7.21. The summed E-state index contributed by atoms with van der Waals surface area (Å²) in [7, 11) is 0. The largest absolute Gasteiger partial charge is 0.384 e. The summed E-state index contributed by atoms with van der Waals surface area (Å²) in [4.78, 5) is 2.26. The highest BCUT2D eigenvalue weighted by Crippen LogP contribution is 2.14. The summed E-state index contributed by atoms with van der Waals surface area (Å²) in [6.07, 6.45) is 1.13. The van der Waals surface area contributed by atoms with Gasteiger partial charge in [0.15, 0.2) is 0 Å². The smallest absolute Gasteiger partial charge is 0.128 e. The maximum absolute atomic E-state index is 14.0. The predicted molar refractivity (Wildman–Crippen MR) is 80.8 cm³/mol. The van der Waals surface area contributed by atoms with Crippen LogP contribution in [0.4, 0.5) is 4.39 Å². The zero-order chi connectivity index (χ0) is 15.0. The topological polar surface area (TPSA) is 23.5 Å². The lowest BCUT2D eigenvalue weighted by Crippen LogP contribution is -2.28. The zero-order valence-electron chi connectivity index (χ0n) is 12.6. The van der Waals surface area contributed by atoms with Crippen LogP contribution in [0.3, 0.4) is 0 Å². The SMILES string of the molecule is CCC(C)CN(CC)Cc1ccc(C#CCO)cc1F. The minimum absolute atomic E-state index is 0.206. The monoisotopic (exact) mass is 277 g/mol. The first kappa shape index (κ1) is 16.7. The molecule has 1 unspecified atom stereocenters. The van der Waals surface area contributed by atoms with Crippen molar-refractivity contribution in [2.45, 2.75) is 33.7 Å². The number of rotatable bonds is 6. The van der Waals surface area contributed by atoms with Gasteiger partial charge in [0.2, 0.25) is 0 Å². The van der Waals surface area contributed by atoms with Crippen LogP contribution in [-0.2, 0) is 6.54 Å². The summed E-state index contributed by atoms with van der Waals surface area (Å²) in [6, 6.07) is 5.03. The molecular weight excluding hydrogens is 253 g/mol. The van der Waals surface area contributed by atoms with Gasteiger partial charge in [-0.1, -0.05) is 45.1 Å². The van der Waals surface area contributed by atoms with E-state index in [0.717, 1.165) is 19.5 Å². The van der Waals surface area contributed by atoms with Crippen LogP contribution in [0.5, 0.6) is 0 Å². The molecule has 0 amide bonds. The highest BCUT2D eigenvalue weighted by molar-refractivity contribution is 5.37. The molecule has 0 aromatic heterocycles. The summed E-state index contributed by atoms with van der Waals surface area (Å²) in [5.41, 5.74) is 1.30. The maximum atomic E-state index is 14.0. The predicted octanol–water partition coefficient (Wildman–Crippen LogP) is 3.04. The van der Waals surface area contributed by atoms with Gasteiger partial charge in [-0.25, -0.2) is 4.39 Å². The summed E-state index contributed by atoms with van der Waals surface area (Å²) in [6.45, 7) is 8.80. The molecule has 0 fully saturated rings. The van der Waals surface area contributed by atoms with Crippen LogP contribution in [-0.4, -0.2) is 29.7 Å². The molecule has 0 radical (unpaired) electrons. The Bertz CT molecular complexity index is 476. The number of hydrogen-bond donors (Lipinski definition) is 1. The normalized spacial score (nSPS) is 12.1. The van der Waals surface area contributed by atoms with E-state index in [9.17, 15) is 4.39 Å². The quantitative estimate of drug-likeness (QED) is 0.808. The summed E-state index contributed by atoms with van der Waals surface area (Å²) < 4.78 is 14.0. The number of hydrogen-bond acceptors (Lipinski definition) is 2. The molecule has 0 saturated heterocycles. The van der Waals surface area contributed by atoms with Crippen molar-refractivity contribution >= 4 is 0 Å². The van der Waals surface area contributed by atoms with Crippen LogP contribution in [0.15, 0.2) is 18.2 Å². The Morgan fingerprint density at radius 2 is 2.10 bits per heavy atom. The van der Waals surface area contributed by atoms with Crippen LogP contribution in [0, 0.1) is 23.6 Å². The van der Waals surface area contributed by atoms with Crippen molar-refractivity contribution in [1.82, 2.24) is 4.90 Å². The van der Waals surface area contributed by atoms with Crippen molar-refractivity contribution < 1.29 is 9.50 Å². The van der Waals surface area contributed by atoms with Gasteiger partial charge in [-0.3, -0.25) is 4.90 Å². The second kappa shape index (κ2) is 8.73. The van der Waals surface area contributed by atoms with Crippen molar-refractivity contribution in [3.05, 3.63) is 35.1 Å². The van der Waals surface area contributed by atoms with E-state index in [0.29, 0.717) is 23.6 Å². The minimum atomic E-state index is -0.225. The van der Waals surface area contributed by atoms with E-state index in [4.69, 9.17) is 5.11 Å².